The first-order valence-corrected chi connectivity index (χ1v) is 6.04. The molecule has 0 aromatic heterocycles. The van der Waals surface area contributed by atoms with Gasteiger partial charge in [0.1, 0.15) is 0 Å². The van der Waals surface area contributed by atoms with E-state index in [0.29, 0.717) is 6.42 Å². The average Bonchev–Trinajstić information content (AvgIpc) is 1.97. The molecule has 15 heavy (non-hydrogen) atoms. The molecule has 0 aliphatic heterocycles. The quantitative estimate of drug-likeness (QED) is 0.770. The van der Waals surface area contributed by atoms with E-state index >= 15 is 0 Å². The maximum Gasteiger partial charge on any atom is 0.303 e. The Morgan fingerprint density at radius 3 is 2.13 bits per heavy atom. The summed E-state index contributed by atoms with van der Waals surface area (Å²) in [4.78, 5) is 10.4. The van der Waals surface area contributed by atoms with Gasteiger partial charge in [0.15, 0.2) is 3.79 Å². The minimum atomic E-state index is -1.40. The standard InChI is InChI=1S/C9H14Cl4O2/c1-8(2,4-3-7(14)15)6(10)5-9(11,12)13/h6H,3-5H2,1-2H3,(H,14,15). The highest BCUT2D eigenvalue weighted by molar-refractivity contribution is 6.67. The molecule has 1 atom stereocenters. The Morgan fingerprint density at radius 2 is 1.80 bits per heavy atom. The molecule has 6 heteroatoms. The topological polar surface area (TPSA) is 37.3 Å². The van der Waals surface area contributed by atoms with Crippen LogP contribution in [0.25, 0.3) is 0 Å². The number of hydrogen-bond acceptors (Lipinski definition) is 1. The van der Waals surface area contributed by atoms with Gasteiger partial charge in [0.05, 0.1) is 0 Å². The molecule has 2 nitrogen and oxygen atoms in total. The van der Waals surface area contributed by atoms with Gasteiger partial charge in [0.2, 0.25) is 0 Å². The molecule has 0 heterocycles. The van der Waals surface area contributed by atoms with Gasteiger partial charge in [-0.25, -0.2) is 0 Å². The third-order valence-electron chi connectivity index (χ3n) is 2.24. The second-order valence-corrected chi connectivity index (χ2v) is 7.21. The summed E-state index contributed by atoms with van der Waals surface area (Å²) in [6.07, 6.45) is 0.721. The SMILES string of the molecule is CC(C)(CCC(=O)O)C(Cl)CC(Cl)(Cl)Cl. The largest absolute Gasteiger partial charge is 0.481 e. The second kappa shape index (κ2) is 5.81. The first-order chi connectivity index (χ1) is 6.54. The van der Waals surface area contributed by atoms with Crippen LogP contribution in [0.4, 0.5) is 0 Å². The zero-order valence-corrected chi connectivity index (χ0v) is 11.6. The Balaban J connectivity index is 4.25. The first kappa shape index (κ1) is 15.6. The molecule has 1 unspecified atom stereocenters. The number of alkyl halides is 4. The van der Waals surface area contributed by atoms with Crippen molar-refractivity contribution in [2.75, 3.05) is 0 Å². The number of aliphatic carboxylic acids is 1. The minimum absolute atomic E-state index is 0.0656. The van der Waals surface area contributed by atoms with Crippen molar-refractivity contribution in [1.29, 1.82) is 0 Å². The fourth-order valence-electron chi connectivity index (χ4n) is 1.07. The summed E-state index contributed by atoms with van der Waals surface area (Å²) in [5.41, 5.74) is -0.371. The second-order valence-electron chi connectivity index (χ2n) is 4.17. The molecule has 0 bridgehead atoms. The van der Waals surface area contributed by atoms with Crippen LogP contribution >= 0.6 is 46.4 Å². The molecule has 0 radical (unpaired) electrons. The van der Waals surface area contributed by atoms with Gasteiger partial charge in [-0.1, -0.05) is 48.7 Å². The van der Waals surface area contributed by atoms with Gasteiger partial charge in [-0.05, 0) is 11.8 Å². The van der Waals surface area contributed by atoms with Crippen molar-refractivity contribution in [3.05, 3.63) is 0 Å². The number of halogens is 4. The molecule has 1 N–H and O–H groups in total. The highest BCUT2D eigenvalue weighted by atomic mass is 35.6. The van der Waals surface area contributed by atoms with Crippen molar-refractivity contribution in [2.45, 2.75) is 42.3 Å². The van der Waals surface area contributed by atoms with Crippen LogP contribution in [-0.2, 0) is 4.79 Å². The molecule has 0 aliphatic rings. The van der Waals surface area contributed by atoms with Gasteiger partial charge in [0.25, 0.3) is 0 Å². The van der Waals surface area contributed by atoms with Gasteiger partial charge >= 0.3 is 5.97 Å². The van der Waals surface area contributed by atoms with E-state index in [1.807, 2.05) is 13.8 Å². The summed E-state index contributed by atoms with van der Waals surface area (Å²) in [7, 11) is 0. The number of carboxylic acid groups (broad SMARTS) is 1. The summed E-state index contributed by atoms with van der Waals surface area (Å²) < 4.78 is -1.40. The molecule has 0 spiro atoms. The number of hydrogen-bond donors (Lipinski definition) is 1. The molecule has 0 fully saturated rings. The summed E-state index contributed by atoms with van der Waals surface area (Å²) >= 11 is 23.0. The fourth-order valence-corrected chi connectivity index (χ4v) is 2.11. The van der Waals surface area contributed by atoms with Gasteiger partial charge in [0, 0.05) is 18.2 Å². The number of carboxylic acids is 1. The van der Waals surface area contributed by atoms with Crippen molar-refractivity contribution in [1.82, 2.24) is 0 Å². The van der Waals surface area contributed by atoms with E-state index in [1.54, 1.807) is 0 Å². The van der Waals surface area contributed by atoms with Crippen molar-refractivity contribution in [2.24, 2.45) is 5.41 Å². The summed E-state index contributed by atoms with van der Waals surface area (Å²) in [5, 5.41) is 8.20. The third kappa shape index (κ3) is 7.51. The Labute approximate surface area is 110 Å². The lowest BCUT2D eigenvalue weighted by Crippen LogP contribution is -2.29. The summed E-state index contributed by atoms with van der Waals surface area (Å²) in [6, 6.07) is 0. The van der Waals surface area contributed by atoms with Gasteiger partial charge in [-0.3, -0.25) is 4.79 Å². The van der Waals surface area contributed by atoms with E-state index in [4.69, 9.17) is 51.5 Å². The van der Waals surface area contributed by atoms with Crippen molar-refractivity contribution in [3.8, 4) is 0 Å². The van der Waals surface area contributed by atoms with Crippen LogP contribution in [0.1, 0.15) is 33.1 Å². The maximum atomic E-state index is 10.4. The lowest BCUT2D eigenvalue weighted by atomic mass is 9.83. The molecular formula is C9H14Cl4O2. The normalized spacial score (nSPS) is 15.1. The fraction of sp³-hybridized carbons (Fsp3) is 0.889. The van der Waals surface area contributed by atoms with Crippen LogP contribution in [-0.4, -0.2) is 20.2 Å². The summed E-state index contributed by atoms with van der Waals surface area (Å²) in [5.74, 6) is -0.846. The Morgan fingerprint density at radius 1 is 1.33 bits per heavy atom. The van der Waals surface area contributed by atoms with Gasteiger partial charge in [-0.2, -0.15) is 0 Å². The Hall–Kier alpha value is 0.630. The summed E-state index contributed by atoms with van der Waals surface area (Å²) in [6.45, 7) is 3.73. The average molecular weight is 296 g/mol. The molecule has 0 aromatic carbocycles. The van der Waals surface area contributed by atoms with E-state index in [1.165, 1.54) is 0 Å². The number of carbonyl (C=O) groups is 1. The Kier molecular flexibility index (Phi) is 6.05. The van der Waals surface area contributed by atoms with E-state index in [2.05, 4.69) is 0 Å². The van der Waals surface area contributed by atoms with Crippen LogP contribution in [0.5, 0.6) is 0 Å². The van der Waals surface area contributed by atoms with E-state index < -0.39 is 9.76 Å². The van der Waals surface area contributed by atoms with Crippen LogP contribution < -0.4 is 0 Å². The predicted molar refractivity (Wildman–Crippen MR) is 65.2 cm³/mol. The molecule has 90 valence electrons. The maximum absolute atomic E-state index is 10.4. The van der Waals surface area contributed by atoms with E-state index in [-0.39, 0.29) is 23.6 Å². The smallest absolute Gasteiger partial charge is 0.303 e. The van der Waals surface area contributed by atoms with Crippen LogP contribution in [0.2, 0.25) is 0 Å². The lowest BCUT2D eigenvalue weighted by Gasteiger charge is -2.31. The molecule has 0 rings (SSSR count). The highest BCUT2D eigenvalue weighted by Crippen LogP contribution is 2.41. The third-order valence-corrected chi connectivity index (χ3v) is 3.45. The molecule has 0 amide bonds. The predicted octanol–water partition coefficient (Wildman–Crippen LogP) is 4.25. The molecular weight excluding hydrogens is 282 g/mol. The van der Waals surface area contributed by atoms with Crippen LogP contribution in [0, 0.1) is 5.41 Å². The zero-order valence-electron chi connectivity index (χ0n) is 8.57. The van der Waals surface area contributed by atoms with Gasteiger partial charge in [-0.15, -0.1) is 11.6 Å². The molecule has 0 aliphatic carbocycles. The lowest BCUT2D eigenvalue weighted by molar-refractivity contribution is -0.137. The highest BCUT2D eigenvalue weighted by Gasteiger charge is 2.34. The van der Waals surface area contributed by atoms with Gasteiger partial charge < -0.3 is 5.11 Å². The van der Waals surface area contributed by atoms with E-state index in [9.17, 15) is 4.79 Å². The monoisotopic (exact) mass is 294 g/mol. The minimum Gasteiger partial charge on any atom is -0.481 e. The first-order valence-electron chi connectivity index (χ1n) is 4.47. The van der Waals surface area contributed by atoms with Crippen LogP contribution in [0.3, 0.4) is 0 Å². The Bertz CT molecular complexity index is 223. The van der Waals surface area contributed by atoms with Crippen molar-refractivity contribution in [3.63, 3.8) is 0 Å². The molecule has 0 saturated carbocycles. The van der Waals surface area contributed by atoms with Crippen molar-refractivity contribution >= 4 is 52.4 Å². The molecule has 0 saturated heterocycles. The van der Waals surface area contributed by atoms with Crippen molar-refractivity contribution < 1.29 is 9.90 Å². The molecule has 0 aromatic rings. The zero-order chi connectivity index (χ0) is 12.3. The number of rotatable bonds is 5. The van der Waals surface area contributed by atoms with E-state index in [0.717, 1.165) is 0 Å². The van der Waals surface area contributed by atoms with Crippen LogP contribution in [0.15, 0.2) is 0 Å².